The molecule has 0 aliphatic rings. The van der Waals surface area contributed by atoms with Crippen molar-refractivity contribution in [3.63, 3.8) is 0 Å². The van der Waals surface area contributed by atoms with Crippen LogP contribution in [0.5, 0.6) is 0 Å². The van der Waals surface area contributed by atoms with E-state index in [2.05, 4.69) is 0 Å². The Kier molecular flexibility index (Phi) is 3.37. The first-order chi connectivity index (χ1) is 6.50. The van der Waals surface area contributed by atoms with E-state index in [9.17, 15) is 26.3 Å². The van der Waals surface area contributed by atoms with Crippen LogP contribution in [0, 0.1) is 29.1 Å². The summed E-state index contributed by atoms with van der Waals surface area (Å²) < 4.78 is 74.5. The molecule has 1 unspecified atom stereocenters. The minimum absolute atomic E-state index is 1.09. The molecule has 1 atom stereocenters. The van der Waals surface area contributed by atoms with Crippen LogP contribution in [0.15, 0.2) is 0 Å². The summed E-state index contributed by atoms with van der Waals surface area (Å²) in [7, 11) is -1.09. The highest BCUT2D eigenvalue weighted by Crippen LogP contribution is 2.22. The third-order valence-corrected chi connectivity index (χ3v) is 2.38. The summed E-state index contributed by atoms with van der Waals surface area (Å²) >= 11 is 0. The van der Waals surface area contributed by atoms with Crippen LogP contribution in [0.1, 0.15) is 0 Å². The first-order valence-corrected chi connectivity index (χ1v) is 4.52. The molecule has 0 nitrogen and oxygen atoms in total. The molecule has 0 heterocycles. The Hall–Kier alpha value is -0.770. The van der Waals surface area contributed by atoms with Crippen molar-refractivity contribution < 1.29 is 26.3 Å². The van der Waals surface area contributed by atoms with Crippen molar-refractivity contribution >= 4 is 13.9 Å². The van der Waals surface area contributed by atoms with Gasteiger partial charge in [0.2, 0.25) is 5.82 Å². The van der Waals surface area contributed by atoms with Gasteiger partial charge in [-0.2, -0.15) is 0 Å². The van der Waals surface area contributed by atoms with E-state index in [0.717, 1.165) is 0 Å². The van der Waals surface area contributed by atoms with Crippen LogP contribution in [-0.2, 0) is 0 Å². The maximum absolute atomic E-state index is 12.7. The summed E-state index contributed by atoms with van der Waals surface area (Å²) in [5.41, 5.74) is 0. The highest BCUT2D eigenvalue weighted by Gasteiger charge is 2.25. The molecule has 1 aromatic rings. The Morgan fingerprint density at radius 1 is 0.714 bits per heavy atom. The van der Waals surface area contributed by atoms with Crippen molar-refractivity contribution in [3.05, 3.63) is 29.1 Å². The lowest BCUT2D eigenvalue weighted by Gasteiger charge is -2.05. The van der Waals surface area contributed by atoms with Gasteiger partial charge in [0, 0.05) is 0 Å². The Morgan fingerprint density at radius 2 is 1.07 bits per heavy atom. The molecule has 1 aromatic carbocycles. The fourth-order valence-corrected chi connectivity index (χ4v) is 1.49. The van der Waals surface area contributed by atoms with Crippen molar-refractivity contribution in [2.24, 2.45) is 0 Å². The number of benzene rings is 1. The van der Waals surface area contributed by atoms with Gasteiger partial charge in [-0.1, -0.05) is 8.58 Å². The van der Waals surface area contributed by atoms with Gasteiger partial charge in [-0.3, -0.25) is 0 Å². The van der Waals surface area contributed by atoms with Crippen LogP contribution in [0.4, 0.5) is 26.3 Å². The van der Waals surface area contributed by atoms with Gasteiger partial charge in [-0.05, 0) is 0 Å². The summed E-state index contributed by atoms with van der Waals surface area (Å²) in [5.74, 6) is -10.2. The van der Waals surface area contributed by atoms with E-state index in [1.165, 1.54) is 0 Å². The van der Waals surface area contributed by atoms with Gasteiger partial charge in [0.15, 0.2) is 23.3 Å². The normalized spacial score (nSPS) is 11.6. The third-order valence-electron chi connectivity index (χ3n) is 1.45. The first kappa shape index (κ1) is 11.3. The predicted molar refractivity (Wildman–Crippen MR) is 40.2 cm³/mol. The number of halogens is 6. The van der Waals surface area contributed by atoms with Crippen molar-refractivity contribution in [3.8, 4) is 0 Å². The van der Waals surface area contributed by atoms with Gasteiger partial charge in [-0.25, -0.2) is 26.3 Å². The molecule has 0 saturated heterocycles. The highest BCUT2D eigenvalue weighted by molar-refractivity contribution is 7.47. The molecule has 0 N–H and O–H groups in total. The maximum atomic E-state index is 12.7. The molecule has 0 fully saturated rings. The van der Waals surface area contributed by atoms with Crippen molar-refractivity contribution in [2.45, 2.75) is 0 Å². The Labute approximate surface area is 76.7 Å². The Morgan fingerprint density at radius 3 is 1.43 bits per heavy atom. The van der Waals surface area contributed by atoms with Crippen LogP contribution in [-0.4, -0.2) is 6.42 Å². The number of alkyl halides is 1. The molecule has 0 aromatic heterocycles. The lowest BCUT2D eigenvalue weighted by molar-refractivity contribution is 0.384. The van der Waals surface area contributed by atoms with E-state index in [1.54, 1.807) is 0 Å². The fourth-order valence-electron chi connectivity index (χ4n) is 0.827. The lowest BCUT2D eigenvalue weighted by Crippen LogP contribution is -2.16. The predicted octanol–water partition coefficient (Wildman–Crippen LogP) is 2.61. The van der Waals surface area contributed by atoms with Crippen molar-refractivity contribution in [1.82, 2.24) is 0 Å². The summed E-state index contributed by atoms with van der Waals surface area (Å²) in [6.07, 6.45) is -1.17. The second-order valence-corrected chi connectivity index (χ2v) is 3.38. The molecule has 1 rings (SSSR count). The van der Waals surface area contributed by atoms with Crippen molar-refractivity contribution in [1.29, 1.82) is 0 Å². The van der Waals surface area contributed by atoms with E-state index in [4.69, 9.17) is 0 Å². The first-order valence-electron chi connectivity index (χ1n) is 3.32. The minimum Gasteiger partial charge on any atom is -0.246 e. The van der Waals surface area contributed by atoms with Gasteiger partial charge >= 0.3 is 0 Å². The molecule has 0 bridgehead atoms. The van der Waals surface area contributed by atoms with E-state index in [-0.39, 0.29) is 0 Å². The molecule has 0 aliphatic carbocycles. The minimum atomic E-state index is -2.23. The second-order valence-electron chi connectivity index (χ2n) is 2.26. The summed E-state index contributed by atoms with van der Waals surface area (Å²) in [4.78, 5) is 0. The van der Waals surface area contributed by atoms with Crippen LogP contribution in [0.25, 0.3) is 0 Å². The van der Waals surface area contributed by atoms with Crippen LogP contribution in [0.3, 0.4) is 0 Å². The average Bonchev–Trinajstić information content (AvgIpc) is 2.19. The number of hydrogen-bond donors (Lipinski definition) is 0. The van der Waals surface area contributed by atoms with E-state index in [0.29, 0.717) is 0 Å². The largest absolute Gasteiger partial charge is 0.246 e. The zero-order valence-corrected chi connectivity index (χ0v) is 7.47. The zero-order valence-electron chi connectivity index (χ0n) is 6.47. The van der Waals surface area contributed by atoms with Gasteiger partial charge in [0.25, 0.3) is 0 Å². The number of hydrogen-bond acceptors (Lipinski definition) is 0. The zero-order chi connectivity index (χ0) is 10.9. The highest BCUT2D eigenvalue weighted by atomic mass is 31.1. The van der Waals surface area contributed by atoms with Gasteiger partial charge in [0.05, 0.1) is 5.30 Å². The molecule has 7 heteroatoms. The average molecular weight is 232 g/mol. The molecule has 0 radical (unpaired) electrons. The fraction of sp³-hybridized carbons (Fsp3) is 0.143. The molecule has 0 spiro atoms. The van der Waals surface area contributed by atoms with Gasteiger partial charge in [0.1, 0.15) is 6.42 Å². The molecular weight excluding hydrogens is 229 g/mol. The lowest BCUT2D eigenvalue weighted by atomic mass is 10.3. The molecule has 0 saturated carbocycles. The second kappa shape index (κ2) is 4.17. The SMILES string of the molecule is FCPc1c(F)c(F)c(F)c(F)c1F. The van der Waals surface area contributed by atoms with Gasteiger partial charge in [-0.15, -0.1) is 0 Å². The number of rotatable bonds is 2. The quantitative estimate of drug-likeness (QED) is 0.318. The molecule has 14 heavy (non-hydrogen) atoms. The molecule has 0 aliphatic heterocycles. The molecular formula is C7H3F6P. The topological polar surface area (TPSA) is 0 Å². The van der Waals surface area contributed by atoms with E-state index in [1.807, 2.05) is 0 Å². The van der Waals surface area contributed by atoms with E-state index >= 15 is 0 Å². The summed E-state index contributed by atoms with van der Waals surface area (Å²) in [6, 6.07) is 0. The van der Waals surface area contributed by atoms with Crippen LogP contribution >= 0.6 is 8.58 Å². The van der Waals surface area contributed by atoms with Crippen molar-refractivity contribution in [2.75, 3.05) is 6.42 Å². The van der Waals surface area contributed by atoms with E-state index < -0.39 is 49.4 Å². The third kappa shape index (κ3) is 1.71. The monoisotopic (exact) mass is 232 g/mol. The molecule has 78 valence electrons. The van der Waals surface area contributed by atoms with Gasteiger partial charge < -0.3 is 0 Å². The Bertz CT molecular complexity index is 335. The summed E-state index contributed by atoms with van der Waals surface area (Å²) in [6.45, 7) is 0. The maximum Gasteiger partial charge on any atom is 0.200 e. The summed E-state index contributed by atoms with van der Waals surface area (Å²) in [5, 5.41) is -1.09. The van der Waals surface area contributed by atoms with Crippen LogP contribution < -0.4 is 5.30 Å². The standard InChI is InChI=1S/C7H3F6P/c8-1-14-7-5(12)3(10)2(9)4(11)6(7)13/h14H,1H2. The smallest absolute Gasteiger partial charge is 0.200 e. The van der Waals surface area contributed by atoms with Crippen LogP contribution in [0.2, 0.25) is 0 Å². The Balaban J connectivity index is 3.43. The molecule has 0 amide bonds.